The van der Waals surface area contributed by atoms with Crippen LogP contribution in [-0.4, -0.2) is 14.9 Å². The molecule has 4 N–H and O–H groups in total. The Morgan fingerprint density at radius 3 is 2.44 bits per heavy atom. The number of nitrogens with two attached hydrogens (primary N) is 2. The van der Waals surface area contributed by atoms with Crippen molar-refractivity contribution in [2.45, 2.75) is 30.7 Å². The summed E-state index contributed by atoms with van der Waals surface area (Å²) in [6.45, 7) is 4.09. The van der Waals surface area contributed by atoms with E-state index in [4.69, 9.17) is 11.6 Å². The number of hydrogen-bond donors (Lipinski definition) is 2. The van der Waals surface area contributed by atoms with Crippen molar-refractivity contribution in [3.8, 4) is 0 Å². The van der Waals surface area contributed by atoms with Gasteiger partial charge in [0.15, 0.2) is 5.82 Å². The first-order valence-electron chi connectivity index (χ1n) is 5.75. The van der Waals surface area contributed by atoms with Crippen LogP contribution in [0.2, 0.25) is 0 Å². The molecule has 0 saturated heterocycles. The molecule has 0 aliphatic carbocycles. The number of thioether (sulfide) groups is 1. The van der Waals surface area contributed by atoms with Crippen molar-refractivity contribution in [3.63, 3.8) is 0 Å². The maximum atomic E-state index is 5.94. The predicted molar refractivity (Wildman–Crippen MR) is 74.7 cm³/mol. The summed E-state index contributed by atoms with van der Waals surface area (Å²) in [4.78, 5) is 0. The van der Waals surface area contributed by atoms with Gasteiger partial charge < -0.3 is 11.6 Å². The molecule has 6 heteroatoms. The van der Waals surface area contributed by atoms with Gasteiger partial charge in [0.05, 0.1) is 0 Å². The van der Waals surface area contributed by atoms with Crippen LogP contribution in [0.5, 0.6) is 0 Å². The van der Waals surface area contributed by atoms with Crippen LogP contribution in [0.25, 0.3) is 0 Å². The second-order valence-electron chi connectivity index (χ2n) is 4.40. The highest BCUT2D eigenvalue weighted by molar-refractivity contribution is 7.98. The van der Waals surface area contributed by atoms with Crippen molar-refractivity contribution in [2.75, 3.05) is 11.6 Å². The molecule has 0 amide bonds. The van der Waals surface area contributed by atoms with Crippen molar-refractivity contribution in [2.24, 2.45) is 0 Å². The Kier molecular flexibility index (Phi) is 3.76. The molecule has 96 valence electrons. The lowest BCUT2D eigenvalue weighted by atomic mass is 10.2. The van der Waals surface area contributed by atoms with E-state index in [1.54, 1.807) is 16.4 Å². The van der Waals surface area contributed by atoms with Gasteiger partial charge in [-0.25, -0.2) is 4.68 Å². The fraction of sp³-hybridized carbons (Fsp3) is 0.333. The molecule has 0 radical (unpaired) electrons. The van der Waals surface area contributed by atoms with Crippen molar-refractivity contribution in [3.05, 3.63) is 35.7 Å². The number of aromatic nitrogens is 3. The summed E-state index contributed by atoms with van der Waals surface area (Å²) in [5, 5.41) is 8.92. The smallest absolute Gasteiger partial charge is 0.210 e. The maximum absolute atomic E-state index is 5.94. The topological polar surface area (TPSA) is 82.8 Å². The lowest BCUT2D eigenvalue weighted by molar-refractivity contribution is 0.712. The minimum Gasteiger partial charge on any atom is -0.399 e. The summed E-state index contributed by atoms with van der Waals surface area (Å²) in [5.41, 5.74) is 7.60. The van der Waals surface area contributed by atoms with E-state index in [-0.39, 0.29) is 5.92 Å². The van der Waals surface area contributed by atoms with Crippen molar-refractivity contribution < 1.29 is 0 Å². The zero-order valence-electron chi connectivity index (χ0n) is 10.5. The minimum absolute atomic E-state index is 0.272. The van der Waals surface area contributed by atoms with Crippen LogP contribution < -0.4 is 11.6 Å². The van der Waals surface area contributed by atoms with Gasteiger partial charge in [-0.2, -0.15) is 0 Å². The summed E-state index contributed by atoms with van der Waals surface area (Å²) in [6, 6.07) is 7.79. The van der Waals surface area contributed by atoms with Crippen molar-refractivity contribution in [1.29, 1.82) is 0 Å². The second-order valence-corrected chi connectivity index (χ2v) is 5.34. The highest BCUT2D eigenvalue weighted by Gasteiger charge is 2.12. The quantitative estimate of drug-likeness (QED) is 0.501. The molecule has 0 spiro atoms. The van der Waals surface area contributed by atoms with E-state index >= 15 is 0 Å². The Morgan fingerprint density at radius 2 is 1.89 bits per heavy atom. The van der Waals surface area contributed by atoms with Gasteiger partial charge >= 0.3 is 0 Å². The zero-order valence-corrected chi connectivity index (χ0v) is 11.3. The van der Waals surface area contributed by atoms with E-state index in [9.17, 15) is 0 Å². The first-order valence-corrected chi connectivity index (χ1v) is 6.74. The van der Waals surface area contributed by atoms with Gasteiger partial charge in [-0.15, -0.1) is 10.2 Å². The molecule has 2 rings (SSSR count). The molecular formula is C12H17N5S. The Labute approximate surface area is 111 Å². The molecule has 0 aliphatic heterocycles. The van der Waals surface area contributed by atoms with Gasteiger partial charge in [-0.05, 0) is 17.7 Å². The van der Waals surface area contributed by atoms with Gasteiger partial charge in [0, 0.05) is 17.4 Å². The van der Waals surface area contributed by atoms with Gasteiger partial charge in [-0.3, -0.25) is 0 Å². The van der Waals surface area contributed by atoms with Crippen molar-refractivity contribution in [1.82, 2.24) is 14.9 Å². The van der Waals surface area contributed by atoms with Gasteiger partial charge in [0.1, 0.15) is 0 Å². The monoisotopic (exact) mass is 263 g/mol. The van der Waals surface area contributed by atoms with Crippen LogP contribution in [0.1, 0.15) is 31.2 Å². The third kappa shape index (κ3) is 2.76. The zero-order chi connectivity index (χ0) is 13.1. The number of hydrogen-bond acceptors (Lipinski definition) is 5. The summed E-state index contributed by atoms with van der Waals surface area (Å²) in [6.07, 6.45) is 0. The summed E-state index contributed by atoms with van der Waals surface area (Å²) in [7, 11) is 0. The fourth-order valence-electron chi connectivity index (χ4n) is 1.54. The predicted octanol–water partition coefficient (Wildman–Crippen LogP) is 1.99. The molecule has 0 atom stereocenters. The first kappa shape index (κ1) is 12.8. The van der Waals surface area contributed by atoms with Crippen LogP contribution >= 0.6 is 11.8 Å². The average molecular weight is 263 g/mol. The maximum Gasteiger partial charge on any atom is 0.210 e. The van der Waals surface area contributed by atoms with Crippen LogP contribution in [0, 0.1) is 0 Å². The van der Waals surface area contributed by atoms with E-state index in [1.165, 1.54) is 5.56 Å². The van der Waals surface area contributed by atoms with E-state index in [2.05, 4.69) is 10.2 Å². The highest BCUT2D eigenvalue weighted by Crippen LogP contribution is 2.22. The third-order valence-corrected chi connectivity index (χ3v) is 3.57. The van der Waals surface area contributed by atoms with E-state index in [1.807, 2.05) is 38.1 Å². The Morgan fingerprint density at radius 1 is 1.22 bits per heavy atom. The summed E-state index contributed by atoms with van der Waals surface area (Å²) in [5.74, 6) is 7.82. The number of benzene rings is 1. The lowest BCUT2D eigenvalue weighted by Gasteiger charge is -2.05. The molecule has 5 nitrogen and oxygen atoms in total. The largest absolute Gasteiger partial charge is 0.399 e. The second kappa shape index (κ2) is 5.30. The van der Waals surface area contributed by atoms with Crippen LogP contribution in [-0.2, 0) is 5.75 Å². The molecule has 0 unspecified atom stereocenters. The highest BCUT2D eigenvalue weighted by atomic mass is 32.2. The Hall–Kier alpha value is -1.69. The van der Waals surface area contributed by atoms with Gasteiger partial charge in [0.2, 0.25) is 5.16 Å². The molecule has 0 fully saturated rings. The molecule has 2 aromatic rings. The summed E-state index contributed by atoms with van der Waals surface area (Å²) >= 11 is 1.57. The number of nitrogen functional groups attached to an aromatic ring is 2. The normalized spacial score (nSPS) is 11.1. The molecule has 1 aromatic carbocycles. The summed E-state index contributed by atoms with van der Waals surface area (Å²) < 4.78 is 1.56. The fourth-order valence-corrected chi connectivity index (χ4v) is 2.36. The van der Waals surface area contributed by atoms with Crippen LogP contribution in [0.15, 0.2) is 29.4 Å². The number of nitrogens with zero attached hydrogens (tertiary/aromatic N) is 3. The molecule has 1 aromatic heterocycles. The third-order valence-electron chi connectivity index (χ3n) is 2.55. The molecule has 0 bridgehead atoms. The van der Waals surface area contributed by atoms with E-state index in [0.29, 0.717) is 0 Å². The van der Waals surface area contributed by atoms with E-state index < -0.39 is 0 Å². The Bertz CT molecular complexity index is 518. The first-order chi connectivity index (χ1) is 8.58. The van der Waals surface area contributed by atoms with E-state index in [0.717, 1.165) is 22.4 Å². The minimum atomic E-state index is 0.272. The van der Waals surface area contributed by atoms with Gasteiger partial charge in [-0.1, -0.05) is 37.7 Å². The average Bonchev–Trinajstić information content (AvgIpc) is 2.70. The van der Waals surface area contributed by atoms with Crippen molar-refractivity contribution >= 4 is 17.4 Å². The SMILES string of the molecule is CC(C)c1nnc(SCc2ccc(N)cc2)n1N. The molecule has 1 heterocycles. The number of rotatable bonds is 4. The van der Waals surface area contributed by atoms with Crippen LogP contribution in [0.3, 0.4) is 0 Å². The number of anilines is 1. The standard InChI is InChI=1S/C12H17N5S/c1-8(2)11-15-16-12(17(11)14)18-7-9-3-5-10(13)6-4-9/h3-6,8H,7,13-14H2,1-2H3. The molecule has 0 saturated carbocycles. The lowest BCUT2D eigenvalue weighted by Crippen LogP contribution is -2.14. The Balaban J connectivity index is 2.04. The van der Waals surface area contributed by atoms with Gasteiger partial charge in [0.25, 0.3) is 0 Å². The molecule has 0 aliphatic rings. The van der Waals surface area contributed by atoms with Crippen LogP contribution in [0.4, 0.5) is 5.69 Å². The molecular weight excluding hydrogens is 246 g/mol. The molecule has 18 heavy (non-hydrogen) atoms.